The van der Waals surface area contributed by atoms with Gasteiger partial charge in [0.15, 0.2) is 0 Å². The zero-order valence-electron chi connectivity index (χ0n) is 9.96. The number of benzene rings is 2. The zero-order chi connectivity index (χ0) is 14.7. The SMILES string of the molecule is O=[N+]([O-])c1cc(C=Nc2cc(Cl)ccc2O)ccc1Cl. The van der Waals surface area contributed by atoms with Gasteiger partial charge < -0.3 is 5.11 Å². The van der Waals surface area contributed by atoms with Crippen LogP contribution in [-0.4, -0.2) is 16.2 Å². The predicted octanol–water partition coefficient (Wildman–Crippen LogP) is 4.36. The van der Waals surface area contributed by atoms with E-state index in [1.165, 1.54) is 36.5 Å². The van der Waals surface area contributed by atoms with Crippen molar-refractivity contribution in [2.75, 3.05) is 0 Å². The minimum absolute atomic E-state index is 0.0332. The predicted molar refractivity (Wildman–Crippen MR) is 78.5 cm³/mol. The number of hydrogen-bond donors (Lipinski definition) is 1. The Morgan fingerprint density at radius 1 is 1.20 bits per heavy atom. The van der Waals surface area contributed by atoms with Gasteiger partial charge in [-0.15, -0.1) is 0 Å². The second kappa shape index (κ2) is 5.90. The monoisotopic (exact) mass is 310 g/mol. The maximum absolute atomic E-state index is 10.8. The molecule has 0 saturated heterocycles. The molecule has 0 bridgehead atoms. The van der Waals surface area contributed by atoms with Crippen molar-refractivity contribution in [1.82, 2.24) is 0 Å². The number of rotatable bonds is 3. The van der Waals surface area contributed by atoms with Crippen molar-refractivity contribution in [3.63, 3.8) is 0 Å². The molecule has 0 fully saturated rings. The first-order valence-electron chi connectivity index (χ1n) is 5.44. The molecule has 0 saturated carbocycles. The number of nitro groups is 1. The summed E-state index contributed by atoms with van der Waals surface area (Å²) in [5.74, 6) is -0.0332. The van der Waals surface area contributed by atoms with Gasteiger partial charge in [-0.2, -0.15) is 0 Å². The summed E-state index contributed by atoms with van der Waals surface area (Å²) < 4.78 is 0. The summed E-state index contributed by atoms with van der Waals surface area (Å²) in [6.45, 7) is 0. The molecule has 0 aliphatic heterocycles. The van der Waals surface area contributed by atoms with Crippen LogP contribution in [-0.2, 0) is 0 Å². The third kappa shape index (κ3) is 3.26. The molecule has 2 aromatic carbocycles. The van der Waals surface area contributed by atoms with Crippen LogP contribution >= 0.6 is 23.2 Å². The molecule has 20 heavy (non-hydrogen) atoms. The second-order valence-electron chi connectivity index (χ2n) is 3.86. The van der Waals surface area contributed by atoms with Crippen molar-refractivity contribution < 1.29 is 10.0 Å². The van der Waals surface area contributed by atoms with Crippen molar-refractivity contribution >= 4 is 40.8 Å². The van der Waals surface area contributed by atoms with Gasteiger partial charge in [-0.3, -0.25) is 15.1 Å². The minimum atomic E-state index is -0.573. The first-order chi connectivity index (χ1) is 9.47. The van der Waals surface area contributed by atoms with Crippen LogP contribution in [0.1, 0.15) is 5.56 Å². The number of nitrogens with zero attached hydrogens (tertiary/aromatic N) is 2. The average Bonchev–Trinajstić information content (AvgIpc) is 2.41. The van der Waals surface area contributed by atoms with Crippen molar-refractivity contribution in [1.29, 1.82) is 0 Å². The molecule has 2 aromatic rings. The van der Waals surface area contributed by atoms with Crippen molar-refractivity contribution in [2.45, 2.75) is 0 Å². The van der Waals surface area contributed by atoms with E-state index in [1.807, 2.05) is 0 Å². The number of hydrogen-bond acceptors (Lipinski definition) is 4. The van der Waals surface area contributed by atoms with Crippen LogP contribution in [0.5, 0.6) is 5.75 Å². The Kier molecular flexibility index (Phi) is 4.22. The lowest BCUT2D eigenvalue weighted by Crippen LogP contribution is -1.91. The van der Waals surface area contributed by atoms with Crippen LogP contribution < -0.4 is 0 Å². The van der Waals surface area contributed by atoms with Gasteiger partial charge in [-0.25, -0.2) is 0 Å². The highest BCUT2D eigenvalue weighted by atomic mass is 35.5. The van der Waals surface area contributed by atoms with Crippen LogP contribution in [0.3, 0.4) is 0 Å². The molecule has 0 aromatic heterocycles. The molecule has 0 atom stereocenters. The standard InChI is InChI=1S/C13H8Cl2N2O3/c14-9-2-4-13(18)11(6-9)16-7-8-1-3-10(15)12(5-8)17(19)20/h1-7,18H. The summed E-state index contributed by atoms with van der Waals surface area (Å²) in [5, 5.41) is 20.8. The molecule has 0 unspecified atom stereocenters. The Morgan fingerprint density at radius 2 is 1.95 bits per heavy atom. The normalized spacial score (nSPS) is 10.9. The van der Waals surface area contributed by atoms with E-state index in [4.69, 9.17) is 23.2 Å². The van der Waals surface area contributed by atoms with Crippen LogP contribution in [0.2, 0.25) is 10.0 Å². The summed E-state index contributed by atoms with van der Waals surface area (Å²) in [6, 6.07) is 8.73. The van der Waals surface area contributed by atoms with Gasteiger partial charge in [0.25, 0.3) is 5.69 Å². The maximum Gasteiger partial charge on any atom is 0.288 e. The summed E-state index contributed by atoms with van der Waals surface area (Å²) in [7, 11) is 0. The molecule has 2 rings (SSSR count). The molecular weight excluding hydrogens is 303 g/mol. The van der Waals surface area contributed by atoms with Gasteiger partial charge in [0, 0.05) is 17.3 Å². The van der Waals surface area contributed by atoms with E-state index in [9.17, 15) is 15.2 Å². The van der Waals surface area contributed by atoms with E-state index < -0.39 is 4.92 Å². The van der Waals surface area contributed by atoms with Crippen molar-refractivity contribution in [3.05, 3.63) is 62.1 Å². The number of phenols is 1. The lowest BCUT2D eigenvalue weighted by Gasteiger charge is -2.00. The third-order valence-corrected chi connectivity index (χ3v) is 3.01. The zero-order valence-corrected chi connectivity index (χ0v) is 11.5. The number of aliphatic imine (C=N–C) groups is 1. The molecule has 7 heteroatoms. The van der Waals surface area contributed by atoms with E-state index in [-0.39, 0.29) is 22.1 Å². The topological polar surface area (TPSA) is 75.7 Å². The van der Waals surface area contributed by atoms with Gasteiger partial charge >= 0.3 is 0 Å². The van der Waals surface area contributed by atoms with Gasteiger partial charge in [0.2, 0.25) is 0 Å². The minimum Gasteiger partial charge on any atom is -0.506 e. The smallest absolute Gasteiger partial charge is 0.288 e. The van der Waals surface area contributed by atoms with Crippen molar-refractivity contribution in [3.8, 4) is 5.75 Å². The lowest BCUT2D eigenvalue weighted by atomic mass is 10.2. The van der Waals surface area contributed by atoms with Crippen molar-refractivity contribution in [2.24, 2.45) is 4.99 Å². The summed E-state index contributed by atoms with van der Waals surface area (Å²) in [6.07, 6.45) is 1.38. The highest BCUT2D eigenvalue weighted by Gasteiger charge is 2.11. The highest BCUT2D eigenvalue weighted by Crippen LogP contribution is 2.29. The van der Waals surface area contributed by atoms with E-state index >= 15 is 0 Å². The number of aromatic hydroxyl groups is 1. The van der Waals surface area contributed by atoms with E-state index in [1.54, 1.807) is 6.07 Å². The number of nitro benzene ring substituents is 1. The van der Waals surface area contributed by atoms with Crippen LogP contribution in [0.25, 0.3) is 0 Å². The molecule has 1 N–H and O–H groups in total. The van der Waals surface area contributed by atoms with Crippen LogP contribution in [0.15, 0.2) is 41.4 Å². The Hall–Kier alpha value is -2.11. The lowest BCUT2D eigenvalue weighted by molar-refractivity contribution is -0.384. The molecule has 0 aliphatic rings. The fraction of sp³-hybridized carbons (Fsp3) is 0. The Morgan fingerprint density at radius 3 is 2.65 bits per heavy atom. The number of halogens is 2. The van der Waals surface area contributed by atoms with E-state index in [2.05, 4.69) is 4.99 Å². The molecule has 0 radical (unpaired) electrons. The molecule has 5 nitrogen and oxygen atoms in total. The summed E-state index contributed by atoms with van der Waals surface area (Å²) in [4.78, 5) is 14.2. The fourth-order valence-electron chi connectivity index (χ4n) is 1.49. The fourth-order valence-corrected chi connectivity index (χ4v) is 1.85. The molecule has 0 amide bonds. The number of phenolic OH excluding ortho intramolecular Hbond substituents is 1. The van der Waals surface area contributed by atoms with Crippen LogP contribution in [0, 0.1) is 10.1 Å². The maximum atomic E-state index is 10.8. The Balaban J connectivity index is 2.34. The van der Waals surface area contributed by atoms with Crippen LogP contribution in [0.4, 0.5) is 11.4 Å². The quantitative estimate of drug-likeness (QED) is 0.520. The Labute approximate surface area is 124 Å². The highest BCUT2D eigenvalue weighted by molar-refractivity contribution is 6.32. The largest absolute Gasteiger partial charge is 0.506 e. The summed E-state index contributed by atoms with van der Waals surface area (Å²) in [5.41, 5.74) is 0.557. The first kappa shape index (κ1) is 14.3. The van der Waals surface area contributed by atoms with Gasteiger partial charge in [0.1, 0.15) is 16.5 Å². The first-order valence-corrected chi connectivity index (χ1v) is 6.19. The van der Waals surface area contributed by atoms with Gasteiger partial charge in [-0.1, -0.05) is 29.3 Å². The summed E-state index contributed by atoms with van der Waals surface area (Å²) >= 11 is 11.5. The van der Waals surface area contributed by atoms with E-state index in [0.29, 0.717) is 10.6 Å². The molecule has 0 aliphatic carbocycles. The van der Waals surface area contributed by atoms with E-state index in [0.717, 1.165) is 0 Å². The molecule has 0 heterocycles. The molecular formula is C13H8Cl2N2O3. The molecule has 102 valence electrons. The third-order valence-electron chi connectivity index (χ3n) is 2.46. The Bertz CT molecular complexity index is 702. The van der Waals surface area contributed by atoms with Gasteiger partial charge in [-0.05, 0) is 29.8 Å². The van der Waals surface area contributed by atoms with Gasteiger partial charge in [0.05, 0.1) is 4.92 Å². The average molecular weight is 311 g/mol. The molecule has 0 spiro atoms. The second-order valence-corrected chi connectivity index (χ2v) is 4.70.